The monoisotopic (exact) mass is 216 g/mol. The first-order valence-corrected chi connectivity index (χ1v) is 4.56. The van der Waals surface area contributed by atoms with E-state index in [-0.39, 0.29) is 13.2 Å². The van der Waals surface area contributed by atoms with E-state index in [1.165, 1.54) is 0 Å². The quantitative estimate of drug-likeness (QED) is 0.562. The maximum Gasteiger partial charge on any atom is 0.509 e. The van der Waals surface area contributed by atoms with Gasteiger partial charge in [0.15, 0.2) is 18.3 Å². The Balaban J connectivity index is 1.72. The molecule has 0 saturated carbocycles. The smallest absolute Gasteiger partial charge is 0.430 e. The largest absolute Gasteiger partial charge is 0.509 e. The fourth-order valence-electron chi connectivity index (χ4n) is 1.94. The summed E-state index contributed by atoms with van der Waals surface area (Å²) in [4.78, 5) is 21.6. The van der Waals surface area contributed by atoms with Crippen molar-refractivity contribution >= 4 is 12.3 Å². The second-order valence-electron chi connectivity index (χ2n) is 3.50. The van der Waals surface area contributed by atoms with Crippen molar-refractivity contribution in [2.75, 3.05) is 13.2 Å². The predicted molar refractivity (Wildman–Crippen MR) is 41.1 cm³/mol. The zero-order valence-corrected chi connectivity index (χ0v) is 7.58. The molecule has 3 rings (SSSR count). The lowest BCUT2D eigenvalue weighted by Gasteiger charge is -2.17. The molecule has 3 fully saturated rings. The molecule has 0 aromatic carbocycles. The summed E-state index contributed by atoms with van der Waals surface area (Å²) >= 11 is 0. The van der Waals surface area contributed by atoms with E-state index in [4.69, 9.17) is 18.9 Å². The van der Waals surface area contributed by atoms with Crippen LogP contribution in [0.15, 0.2) is 0 Å². The molecule has 0 bridgehead atoms. The first-order chi connectivity index (χ1) is 7.24. The van der Waals surface area contributed by atoms with Crippen molar-refractivity contribution in [1.82, 2.24) is 0 Å². The van der Waals surface area contributed by atoms with E-state index in [0.29, 0.717) is 0 Å². The number of cyclic esters (lactones) is 2. The van der Waals surface area contributed by atoms with Crippen LogP contribution in [0.5, 0.6) is 0 Å². The number of carbonyl (C=O) groups excluding carboxylic acids is 2. The average molecular weight is 216 g/mol. The highest BCUT2D eigenvalue weighted by molar-refractivity contribution is 5.63. The van der Waals surface area contributed by atoms with Crippen LogP contribution in [0.25, 0.3) is 0 Å². The Morgan fingerprint density at radius 2 is 1.60 bits per heavy atom. The van der Waals surface area contributed by atoms with E-state index >= 15 is 0 Å². The lowest BCUT2D eigenvalue weighted by atomic mass is 10.1. The molecule has 0 aliphatic carbocycles. The zero-order valence-electron chi connectivity index (χ0n) is 7.58. The van der Waals surface area contributed by atoms with Crippen molar-refractivity contribution in [2.24, 2.45) is 0 Å². The van der Waals surface area contributed by atoms with Crippen molar-refractivity contribution in [3.63, 3.8) is 0 Å². The van der Waals surface area contributed by atoms with Crippen LogP contribution in [-0.2, 0) is 23.7 Å². The minimum absolute atomic E-state index is 0.115. The standard InChI is InChI=1S/C8H8O7/c9-7-12-2-3(13-7)5-6-4(1-11-5)14-8(10)15-6/h3-6H,1-2H2/t3-,4+,5?,6+/m0/s1. The Morgan fingerprint density at radius 1 is 0.867 bits per heavy atom. The summed E-state index contributed by atoms with van der Waals surface area (Å²) in [5, 5.41) is 0. The lowest BCUT2D eigenvalue weighted by molar-refractivity contribution is -0.0389. The summed E-state index contributed by atoms with van der Waals surface area (Å²) < 4.78 is 24.6. The van der Waals surface area contributed by atoms with E-state index in [9.17, 15) is 9.59 Å². The molecule has 0 aromatic heterocycles. The summed E-state index contributed by atoms with van der Waals surface area (Å²) in [5.41, 5.74) is 0. The third-order valence-corrected chi connectivity index (χ3v) is 2.60. The molecule has 3 saturated heterocycles. The maximum absolute atomic E-state index is 10.8. The summed E-state index contributed by atoms with van der Waals surface area (Å²) in [7, 11) is 0. The Hall–Kier alpha value is -1.50. The third-order valence-electron chi connectivity index (χ3n) is 2.60. The van der Waals surface area contributed by atoms with Gasteiger partial charge in [-0.3, -0.25) is 0 Å². The minimum Gasteiger partial charge on any atom is -0.430 e. The molecule has 3 aliphatic heterocycles. The molecule has 3 aliphatic rings. The first kappa shape index (κ1) is 8.78. The van der Waals surface area contributed by atoms with Gasteiger partial charge in [-0.1, -0.05) is 0 Å². The SMILES string of the molecule is O=C1OC[C@@H](C2OC[C@H]3OC(=O)O[C@@H]23)O1. The van der Waals surface area contributed by atoms with Gasteiger partial charge in [0.25, 0.3) is 0 Å². The molecule has 7 nitrogen and oxygen atoms in total. The van der Waals surface area contributed by atoms with Crippen LogP contribution in [0.4, 0.5) is 9.59 Å². The van der Waals surface area contributed by atoms with Crippen LogP contribution in [0.2, 0.25) is 0 Å². The van der Waals surface area contributed by atoms with Crippen LogP contribution in [0.1, 0.15) is 0 Å². The molecule has 82 valence electrons. The predicted octanol–water partition coefficient (Wildman–Crippen LogP) is -0.175. The van der Waals surface area contributed by atoms with Crippen molar-refractivity contribution in [1.29, 1.82) is 0 Å². The molecular formula is C8H8O7. The van der Waals surface area contributed by atoms with E-state index in [1.54, 1.807) is 0 Å². The van der Waals surface area contributed by atoms with Gasteiger partial charge in [0.2, 0.25) is 0 Å². The zero-order chi connectivity index (χ0) is 10.4. The fraction of sp³-hybridized carbons (Fsp3) is 0.750. The van der Waals surface area contributed by atoms with Crippen molar-refractivity contribution in [3.8, 4) is 0 Å². The highest BCUT2D eigenvalue weighted by Crippen LogP contribution is 2.31. The van der Waals surface area contributed by atoms with Crippen LogP contribution in [-0.4, -0.2) is 49.9 Å². The topological polar surface area (TPSA) is 80.3 Å². The van der Waals surface area contributed by atoms with Gasteiger partial charge in [0.05, 0.1) is 6.61 Å². The van der Waals surface area contributed by atoms with Crippen molar-refractivity contribution in [3.05, 3.63) is 0 Å². The normalized spacial score (nSPS) is 42.9. The molecular weight excluding hydrogens is 208 g/mol. The molecule has 1 unspecified atom stereocenters. The second kappa shape index (κ2) is 2.99. The highest BCUT2D eigenvalue weighted by Gasteiger charge is 2.53. The Kier molecular flexibility index (Phi) is 1.75. The van der Waals surface area contributed by atoms with Gasteiger partial charge >= 0.3 is 12.3 Å². The third kappa shape index (κ3) is 1.30. The van der Waals surface area contributed by atoms with E-state index < -0.39 is 36.7 Å². The molecule has 0 aromatic rings. The van der Waals surface area contributed by atoms with Crippen LogP contribution < -0.4 is 0 Å². The molecule has 4 atom stereocenters. The molecule has 0 N–H and O–H groups in total. The lowest BCUT2D eigenvalue weighted by Crippen LogP contribution is -2.39. The fourth-order valence-corrected chi connectivity index (χ4v) is 1.94. The van der Waals surface area contributed by atoms with Gasteiger partial charge in [0, 0.05) is 0 Å². The number of carbonyl (C=O) groups is 2. The molecule has 0 radical (unpaired) electrons. The van der Waals surface area contributed by atoms with Crippen LogP contribution >= 0.6 is 0 Å². The Bertz CT molecular complexity index is 314. The number of fused-ring (bicyclic) bond motifs is 1. The van der Waals surface area contributed by atoms with Gasteiger partial charge in [0.1, 0.15) is 12.7 Å². The molecule has 3 heterocycles. The highest BCUT2D eigenvalue weighted by atomic mass is 16.8. The van der Waals surface area contributed by atoms with Gasteiger partial charge in [-0.15, -0.1) is 0 Å². The summed E-state index contributed by atoms with van der Waals surface area (Å²) in [6.45, 7) is 0.374. The average Bonchev–Trinajstić information content (AvgIpc) is 2.80. The van der Waals surface area contributed by atoms with Gasteiger partial charge in [-0.2, -0.15) is 0 Å². The van der Waals surface area contributed by atoms with E-state index in [1.807, 2.05) is 0 Å². The van der Waals surface area contributed by atoms with Crippen LogP contribution in [0.3, 0.4) is 0 Å². The molecule has 15 heavy (non-hydrogen) atoms. The van der Waals surface area contributed by atoms with Gasteiger partial charge in [-0.25, -0.2) is 9.59 Å². The maximum atomic E-state index is 10.8. The Morgan fingerprint density at radius 3 is 2.33 bits per heavy atom. The van der Waals surface area contributed by atoms with Crippen LogP contribution in [0, 0.1) is 0 Å². The number of rotatable bonds is 1. The summed E-state index contributed by atoms with van der Waals surface area (Å²) in [6, 6.07) is 0. The number of ether oxygens (including phenoxy) is 5. The van der Waals surface area contributed by atoms with E-state index in [2.05, 4.69) is 4.74 Å². The molecule has 0 amide bonds. The number of hydrogen-bond donors (Lipinski definition) is 0. The minimum atomic E-state index is -0.725. The van der Waals surface area contributed by atoms with Crippen molar-refractivity contribution in [2.45, 2.75) is 24.4 Å². The summed E-state index contributed by atoms with van der Waals surface area (Å²) in [6.07, 6.45) is -3.35. The van der Waals surface area contributed by atoms with Crippen molar-refractivity contribution < 1.29 is 33.3 Å². The summed E-state index contributed by atoms with van der Waals surface area (Å²) in [5.74, 6) is 0. The molecule has 0 spiro atoms. The number of hydrogen-bond acceptors (Lipinski definition) is 7. The first-order valence-electron chi connectivity index (χ1n) is 4.56. The van der Waals surface area contributed by atoms with Gasteiger partial charge in [-0.05, 0) is 0 Å². The molecule has 7 heteroatoms. The van der Waals surface area contributed by atoms with Gasteiger partial charge < -0.3 is 23.7 Å². The van der Waals surface area contributed by atoms with E-state index in [0.717, 1.165) is 0 Å². The Labute approximate surface area is 84.2 Å². The second-order valence-corrected chi connectivity index (χ2v) is 3.50.